The van der Waals surface area contributed by atoms with Gasteiger partial charge in [-0.3, -0.25) is 19.2 Å². The molecule has 50 heavy (non-hydrogen) atoms. The molecule has 2 aliphatic rings. The number of amides is 3. The molecule has 2 unspecified atom stereocenters. The number of methoxy groups -OCH3 is 1. The highest BCUT2D eigenvalue weighted by molar-refractivity contribution is 8.00. The largest absolute Gasteiger partial charge is 0.493 e. The standard InChI is InChI=1S/C35H31N3O10S2/c1-4-46-33(42)18-6-11-21(12-7-18)36-25(39)17-48-23-15-10-20(16-24(23)45-3)26-27-29(49-30-28(26)50-35(44)37-30)32(41)38(31(27)40)22-13-8-19(9-14-22)34(43)47-5-2/h6-16,26-27,29H,4-5,17H2,1-3H3,(H,36,39)(H,37,44)/t26-,27?,29?/m1/s1. The number of thiazole rings is 1. The van der Waals surface area contributed by atoms with Gasteiger partial charge in [-0.25, -0.2) is 14.5 Å². The molecule has 3 amide bonds. The Morgan fingerprint density at radius 3 is 2.10 bits per heavy atom. The smallest absolute Gasteiger partial charge is 0.338 e. The normalized spacial score (nSPS) is 17.8. The monoisotopic (exact) mass is 717 g/mol. The van der Waals surface area contributed by atoms with Crippen molar-refractivity contribution in [2.24, 2.45) is 5.92 Å². The highest BCUT2D eigenvalue weighted by atomic mass is 32.2. The van der Waals surface area contributed by atoms with Crippen molar-refractivity contribution in [2.75, 3.05) is 37.1 Å². The van der Waals surface area contributed by atoms with Crippen LogP contribution in [0.4, 0.5) is 11.4 Å². The highest BCUT2D eigenvalue weighted by Gasteiger charge is 2.56. The van der Waals surface area contributed by atoms with Crippen LogP contribution in [-0.4, -0.2) is 66.8 Å². The molecule has 1 aromatic heterocycles. The first-order valence-electron chi connectivity index (χ1n) is 15.6. The average Bonchev–Trinajstić information content (AvgIpc) is 3.61. The quantitative estimate of drug-likeness (QED) is 0.164. The zero-order valence-corrected chi connectivity index (χ0v) is 28.7. The van der Waals surface area contributed by atoms with E-state index in [1.54, 1.807) is 56.3 Å². The van der Waals surface area contributed by atoms with Crippen LogP contribution in [0.15, 0.2) is 76.6 Å². The fraction of sp³-hybridized carbons (Fsp3) is 0.257. The number of H-pyrrole nitrogens is 1. The van der Waals surface area contributed by atoms with Gasteiger partial charge >= 0.3 is 16.8 Å². The number of thioether (sulfide) groups is 1. The van der Waals surface area contributed by atoms with Crippen molar-refractivity contribution >= 4 is 64.1 Å². The zero-order valence-electron chi connectivity index (χ0n) is 27.1. The number of ether oxygens (including phenoxy) is 4. The van der Waals surface area contributed by atoms with Gasteiger partial charge in [0.15, 0.2) is 18.1 Å². The van der Waals surface area contributed by atoms with E-state index in [1.165, 1.54) is 31.4 Å². The van der Waals surface area contributed by atoms with Gasteiger partial charge in [-0.15, -0.1) is 0 Å². The van der Waals surface area contributed by atoms with Crippen molar-refractivity contribution in [1.82, 2.24) is 4.98 Å². The Bertz CT molecular complexity index is 2020. The molecule has 6 rings (SSSR count). The van der Waals surface area contributed by atoms with Crippen molar-refractivity contribution in [3.8, 4) is 11.5 Å². The van der Waals surface area contributed by atoms with Crippen molar-refractivity contribution in [3.05, 3.63) is 98.0 Å². The molecule has 1 fully saturated rings. The fourth-order valence-electron chi connectivity index (χ4n) is 5.83. The van der Waals surface area contributed by atoms with Gasteiger partial charge in [-0.1, -0.05) is 29.2 Å². The van der Waals surface area contributed by atoms with E-state index in [-0.39, 0.29) is 41.8 Å². The SMILES string of the molecule is CCOC(=O)c1ccc(NC(=O)COc2ccc([C@H]3c4sc(=O)[nH]c4SC4C(=O)N(c5ccc(C(=O)OCC)cc5)C(=O)C43)cc2OC)cc1. The lowest BCUT2D eigenvalue weighted by Crippen LogP contribution is -2.32. The predicted octanol–water partition coefficient (Wildman–Crippen LogP) is 4.61. The predicted molar refractivity (Wildman–Crippen MR) is 184 cm³/mol. The van der Waals surface area contributed by atoms with Gasteiger partial charge in [0.1, 0.15) is 5.25 Å². The van der Waals surface area contributed by atoms with Crippen LogP contribution in [0.2, 0.25) is 0 Å². The van der Waals surface area contributed by atoms with E-state index in [4.69, 9.17) is 18.9 Å². The van der Waals surface area contributed by atoms with Crippen LogP contribution < -0.4 is 24.6 Å². The molecule has 0 bridgehead atoms. The number of nitrogens with zero attached hydrogens (tertiary/aromatic N) is 1. The summed E-state index contributed by atoms with van der Waals surface area (Å²) in [5, 5.41) is 2.39. The molecule has 0 spiro atoms. The highest BCUT2D eigenvalue weighted by Crippen LogP contribution is 2.53. The summed E-state index contributed by atoms with van der Waals surface area (Å²) in [6, 6.07) is 17.3. The van der Waals surface area contributed by atoms with E-state index in [0.717, 1.165) is 28.0 Å². The molecular formula is C35H31N3O10S2. The van der Waals surface area contributed by atoms with E-state index >= 15 is 0 Å². The summed E-state index contributed by atoms with van der Waals surface area (Å²) in [5.74, 6) is -3.32. The average molecular weight is 718 g/mol. The van der Waals surface area contributed by atoms with Crippen molar-refractivity contribution < 1.29 is 42.9 Å². The number of carbonyl (C=O) groups excluding carboxylic acids is 5. The Morgan fingerprint density at radius 2 is 1.48 bits per heavy atom. The Morgan fingerprint density at radius 1 is 0.840 bits per heavy atom. The second-order valence-electron chi connectivity index (χ2n) is 11.1. The molecule has 2 N–H and O–H groups in total. The number of carbonyl (C=O) groups is 5. The molecule has 4 aromatic rings. The van der Waals surface area contributed by atoms with Crippen molar-refractivity contribution in [2.45, 2.75) is 30.0 Å². The third-order valence-electron chi connectivity index (χ3n) is 8.05. The summed E-state index contributed by atoms with van der Waals surface area (Å²) in [5.41, 5.74) is 2.02. The van der Waals surface area contributed by atoms with Gasteiger partial charge in [0, 0.05) is 16.5 Å². The molecule has 1 saturated heterocycles. The molecule has 0 radical (unpaired) electrons. The number of aromatic amines is 1. The number of esters is 2. The van der Waals surface area contributed by atoms with Crippen molar-refractivity contribution in [1.29, 1.82) is 0 Å². The minimum Gasteiger partial charge on any atom is -0.493 e. The number of anilines is 2. The number of benzene rings is 3. The molecular weight excluding hydrogens is 687 g/mol. The number of fused-ring (bicyclic) bond motifs is 2. The second-order valence-corrected chi connectivity index (χ2v) is 13.2. The lowest BCUT2D eigenvalue weighted by atomic mass is 9.83. The van der Waals surface area contributed by atoms with Gasteiger partial charge in [-0.05, 0) is 80.1 Å². The molecule has 13 nitrogen and oxygen atoms in total. The van der Waals surface area contributed by atoms with Crippen LogP contribution in [0.3, 0.4) is 0 Å². The molecule has 0 aliphatic carbocycles. The molecule has 258 valence electrons. The Hall–Kier alpha value is -5.41. The minimum atomic E-state index is -0.853. The lowest BCUT2D eigenvalue weighted by molar-refractivity contribution is -0.122. The summed E-state index contributed by atoms with van der Waals surface area (Å²) in [6.07, 6.45) is 0. The molecule has 0 saturated carbocycles. The van der Waals surface area contributed by atoms with E-state index < -0.39 is 46.7 Å². The first-order valence-corrected chi connectivity index (χ1v) is 17.3. The summed E-state index contributed by atoms with van der Waals surface area (Å²) in [6.45, 7) is 3.51. The van der Waals surface area contributed by atoms with Crippen LogP contribution in [0.25, 0.3) is 0 Å². The number of imide groups is 1. The van der Waals surface area contributed by atoms with Crippen LogP contribution in [0, 0.1) is 5.92 Å². The van der Waals surface area contributed by atoms with Crippen LogP contribution in [0.1, 0.15) is 50.9 Å². The summed E-state index contributed by atoms with van der Waals surface area (Å²) < 4.78 is 21.4. The molecule has 3 heterocycles. The van der Waals surface area contributed by atoms with Gasteiger partial charge < -0.3 is 29.2 Å². The summed E-state index contributed by atoms with van der Waals surface area (Å²) >= 11 is 2.12. The maximum Gasteiger partial charge on any atom is 0.338 e. The van der Waals surface area contributed by atoms with E-state index in [9.17, 15) is 28.8 Å². The number of aromatic nitrogens is 1. The van der Waals surface area contributed by atoms with Crippen LogP contribution in [0.5, 0.6) is 11.5 Å². The number of rotatable bonds is 11. The number of nitrogens with one attached hydrogen (secondary N) is 2. The first kappa shape index (κ1) is 34.5. The lowest BCUT2D eigenvalue weighted by Gasteiger charge is -2.30. The third kappa shape index (κ3) is 6.73. The maximum atomic E-state index is 14.1. The van der Waals surface area contributed by atoms with Crippen LogP contribution in [-0.2, 0) is 23.9 Å². The number of hydrogen-bond acceptors (Lipinski definition) is 12. The molecule has 3 atom stereocenters. The Kier molecular flexibility index (Phi) is 10.1. The second kappa shape index (κ2) is 14.6. The zero-order chi connectivity index (χ0) is 35.5. The van der Waals surface area contributed by atoms with Gasteiger partial charge in [0.05, 0.1) is 48.1 Å². The molecule has 15 heteroatoms. The molecule has 3 aromatic carbocycles. The first-order chi connectivity index (χ1) is 24.1. The number of hydrogen-bond donors (Lipinski definition) is 2. The van der Waals surface area contributed by atoms with E-state index in [1.807, 2.05) is 0 Å². The van der Waals surface area contributed by atoms with Gasteiger partial charge in [0.2, 0.25) is 11.8 Å². The van der Waals surface area contributed by atoms with Gasteiger partial charge in [-0.2, -0.15) is 0 Å². The Labute approximate surface area is 293 Å². The molecule has 2 aliphatic heterocycles. The topological polar surface area (TPSA) is 170 Å². The minimum absolute atomic E-state index is 0.209. The van der Waals surface area contributed by atoms with E-state index in [0.29, 0.717) is 32.4 Å². The van der Waals surface area contributed by atoms with E-state index in [2.05, 4.69) is 10.3 Å². The fourth-order valence-corrected chi connectivity index (χ4v) is 8.35. The maximum absolute atomic E-state index is 14.1. The Balaban J connectivity index is 1.22. The van der Waals surface area contributed by atoms with Gasteiger partial charge in [0.25, 0.3) is 5.91 Å². The van der Waals surface area contributed by atoms with Crippen LogP contribution >= 0.6 is 23.1 Å². The third-order valence-corrected chi connectivity index (χ3v) is 10.4. The van der Waals surface area contributed by atoms with Crippen molar-refractivity contribution in [3.63, 3.8) is 0 Å². The summed E-state index contributed by atoms with van der Waals surface area (Å²) in [4.78, 5) is 81.3. The summed E-state index contributed by atoms with van der Waals surface area (Å²) in [7, 11) is 1.43.